The molecule has 1 spiro atoms. The van der Waals surface area contributed by atoms with Gasteiger partial charge in [0.05, 0.1) is 18.3 Å². The molecule has 2 saturated heterocycles. The third kappa shape index (κ3) is 8.27. The quantitative estimate of drug-likeness (QED) is 0.236. The van der Waals surface area contributed by atoms with E-state index in [9.17, 15) is 32.3 Å². The Hall–Kier alpha value is -5.26. The number of rotatable bonds is 10. The van der Waals surface area contributed by atoms with Gasteiger partial charge in [0.15, 0.2) is 5.69 Å². The second-order valence-corrected chi connectivity index (χ2v) is 15.8. The van der Waals surface area contributed by atoms with Gasteiger partial charge in [0.2, 0.25) is 11.8 Å². The predicted octanol–water partition coefficient (Wildman–Crippen LogP) is 5.05. The predicted molar refractivity (Wildman–Crippen MR) is 192 cm³/mol. The van der Waals surface area contributed by atoms with E-state index < -0.39 is 72.6 Å². The summed E-state index contributed by atoms with van der Waals surface area (Å²) >= 11 is 0. The Morgan fingerprint density at radius 1 is 1.05 bits per heavy atom. The van der Waals surface area contributed by atoms with Crippen molar-refractivity contribution < 1.29 is 50.8 Å². The molecule has 8 rings (SSSR count). The lowest BCUT2D eigenvalue weighted by molar-refractivity contribution is -0.174. The molecule has 1 aromatic heterocycles. The van der Waals surface area contributed by atoms with E-state index in [1.54, 1.807) is 6.92 Å². The van der Waals surface area contributed by atoms with Crippen molar-refractivity contribution in [2.24, 2.45) is 17.8 Å². The van der Waals surface area contributed by atoms with Gasteiger partial charge >= 0.3 is 12.3 Å². The first-order chi connectivity index (χ1) is 27.3. The van der Waals surface area contributed by atoms with E-state index >= 15 is 4.39 Å². The number of hydrogen-bond donors (Lipinski definition) is 3. The molecule has 304 valence electrons. The molecule has 3 aromatic rings. The lowest BCUT2D eigenvalue weighted by Crippen LogP contribution is -2.61. The second kappa shape index (κ2) is 15.2. The molecule has 1 unspecified atom stereocenters. The van der Waals surface area contributed by atoms with E-state index in [0.717, 1.165) is 42.2 Å². The number of alkyl halides is 3. The molecule has 0 bridgehead atoms. The van der Waals surface area contributed by atoms with E-state index in [0.29, 0.717) is 0 Å². The number of aromatic nitrogens is 2. The Morgan fingerprint density at radius 3 is 2.39 bits per heavy atom. The number of hydrogen-bond acceptors (Lipinski definition) is 10. The monoisotopic (exact) mass is 797 g/mol. The standard InChI is InChI=1S/C39H43F4N7O7/c1-21-33(48-57-47-21)35(52)46-34(32(23-7-8-23)24-9-10-24)36(53)45-27-16-29-25(15-26(27)40)28(50-19-30(39(41,42)43)44-18-31(50)51)17-38(56-29)11-13-49(14-12-38)37(54)55-20-22-5-3-2-4-6-22/h2-6,15-16,23-24,28,30,32,34,44H,7-14,17-20H2,1H3,(H,45,53)(H,46,52)/t28?,30-,34-/m0/s1. The SMILES string of the molecule is Cc1nonc1C(=O)N[C@H](C(=O)Nc1cc2c(cc1F)C(N1C[C@@H](C(F)(F)F)NCC1=O)CC1(CCN(C(=O)OCc3ccccc3)CC1)O2)C(C1CC1)C1CC1. The number of fused-ring (bicyclic) bond motifs is 1. The average Bonchev–Trinajstić information content (AvgIpc) is 4.14. The highest BCUT2D eigenvalue weighted by molar-refractivity contribution is 6.01. The first-order valence-electron chi connectivity index (χ1n) is 19.3. The van der Waals surface area contributed by atoms with Gasteiger partial charge in [-0.25, -0.2) is 13.8 Å². The molecule has 3 atom stereocenters. The van der Waals surface area contributed by atoms with Gasteiger partial charge in [-0.05, 0) is 67.1 Å². The Labute approximate surface area is 324 Å². The van der Waals surface area contributed by atoms with E-state index in [2.05, 4.69) is 26.3 Å². The number of carbonyl (C=O) groups is 4. The molecule has 5 aliphatic rings. The fraction of sp³-hybridized carbons (Fsp3) is 0.538. The molecule has 4 amide bonds. The van der Waals surface area contributed by atoms with Gasteiger partial charge in [-0.3, -0.25) is 19.7 Å². The van der Waals surface area contributed by atoms with Crippen LogP contribution in [0, 0.1) is 30.5 Å². The summed E-state index contributed by atoms with van der Waals surface area (Å²) in [5.74, 6) is -2.53. The van der Waals surface area contributed by atoms with Gasteiger partial charge < -0.3 is 29.9 Å². The molecule has 2 aliphatic carbocycles. The Bertz CT molecular complexity index is 2000. The van der Waals surface area contributed by atoms with Gasteiger partial charge in [-0.15, -0.1) is 0 Å². The molecule has 14 nitrogen and oxygen atoms in total. The summed E-state index contributed by atoms with van der Waals surface area (Å²) in [7, 11) is 0. The smallest absolute Gasteiger partial charge is 0.410 e. The number of likely N-dealkylation sites (tertiary alicyclic amines) is 1. The molecule has 3 N–H and O–H groups in total. The van der Waals surface area contributed by atoms with Crippen LogP contribution in [0.1, 0.15) is 78.3 Å². The van der Waals surface area contributed by atoms with E-state index in [1.165, 1.54) is 11.0 Å². The van der Waals surface area contributed by atoms with Crippen LogP contribution in [0.5, 0.6) is 5.75 Å². The number of benzene rings is 2. The van der Waals surface area contributed by atoms with Gasteiger partial charge in [0.25, 0.3) is 5.91 Å². The zero-order valence-electron chi connectivity index (χ0n) is 31.1. The molecule has 57 heavy (non-hydrogen) atoms. The van der Waals surface area contributed by atoms with Crippen LogP contribution >= 0.6 is 0 Å². The summed E-state index contributed by atoms with van der Waals surface area (Å²) in [6.07, 6.45) is -1.12. The second-order valence-electron chi connectivity index (χ2n) is 15.8. The highest BCUT2D eigenvalue weighted by Gasteiger charge is 2.52. The van der Waals surface area contributed by atoms with Crippen LogP contribution in [-0.4, -0.2) is 94.0 Å². The summed E-state index contributed by atoms with van der Waals surface area (Å²) in [6.45, 7) is 0.719. The zero-order chi connectivity index (χ0) is 40.1. The zero-order valence-corrected chi connectivity index (χ0v) is 31.1. The van der Waals surface area contributed by atoms with Gasteiger partial charge in [0.1, 0.15) is 41.6 Å². The maximum Gasteiger partial charge on any atom is 0.410 e. The summed E-state index contributed by atoms with van der Waals surface area (Å²) in [6, 6.07) is 7.50. The largest absolute Gasteiger partial charge is 0.487 e. The molecular weight excluding hydrogens is 754 g/mol. The maximum atomic E-state index is 16.2. The summed E-state index contributed by atoms with van der Waals surface area (Å²) in [5.41, 5.74) is -0.191. The fourth-order valence-electron chi connectivity index (χ4n) is 8.52. The van der Waals surface area contributed by atoms with Crippen LogP contribution < -0.4 is 20.7 Å². The van der Waals surface area contributed by atoms with Crippen LogP contribution in [0.3, 0.4) is 0 Å². The summed E-state index contributed by atoms with van der Waals surface area (Å²) in [4.78, 5) is 56.4. The number of halogens is 4. The highest BCUT2D eigenvalue weighted by atomic mass is 19.4. The lowest BCUT2D eigenvalue weighted by Gasteiger charge is -2.50. The molecule has 18 heteroatoms. The lowest BCUT2D eigenvalue weighted by atomic mass is 9.79. The van der Waals surface area contributed by atoms with E-state index in [4.69, 9.17) is 14.1 Å². The molecule has 2 saturated carbocycles. The van der Waals surface area contributed by atoms with Crippen LogP contribution in [0.15, 0.2) is 47.1 Å². The van der Waals surface area contributed by atoms with Crippen molar-refractivity contribution in [3.63, 3.8) is 0 Å². The number of carbonyl (C=O) groups excluding carboxylic acids is 4. The van der Waals surface area contributed by atoms with Crippen LogP contribution in [-0.2, 0) is 20.9 Å². The average molecular weight is 798 g/mol. The molecule has 0 radical (unpaired) electrons. The first-order valence-corrected chi connectivity index (χ1v) is 19.3. The number of piperidine rings is 1. The Morgan fingerprint density at radius 2 is 1.75 bits per heavy atom. The minimum Gasteiger partial charge on any atom is -0.487 e. The molecule has 2 aromatic carbocycles. The summed E-state index contributed by atoms with van der Waals surface area (Å²) < 4.78 is 75.0. The number of piperazine rings is 1. The van der Waals surface area contributed by atoms with Crippen molar-refractivity contribution in [3.8, 4) is 5.75 Å². The number of nitrogens with zero attached hydrogens (tertiary/aromatic N) is 4. The molecule has 4 fully saturated rings. The van der Waals surface area contributed by atoms with Gasteiger partial charge in [-0.1, -0.05) is 35.5 Å². The Balaban J connectivity index is 1.06. The number of amides is 4. The molecule has 3 aliphatic heterocycles. The third-order valence-electron chi connectivity index (χ3n) is 11.9. The van der Waals surface area contributed by atoms with E-state index in [1.807, 2.05) is 30.3 Å². The molecular formula is C39H43F4N7O7. The van der Waals surface area contributed by atoms with Crippen molar-refractivity contribution >= 4 is 29.5 Å². The van der Waals surface area contributed by atoms with Crippen molar-refractivity contribution in [2.45, 2.75) is 88.4 Å². The number of nitrogens with one attached hydrogen (secondary N) is 3. The first kappa shape index (κ1) is 38.6. The summed E-state index contributed by atoms with van der Waals surface area (Å²) in [5, 5.41) is 15.1. The van der Waals surface area contributed by atoms with Crippen molar-refractivity contribution in [3.05, 3.63) is 70.8 Å². The van der Waals surface area contributed by atoms with Crippen molar-refractivity contribution in [1.82, 2.24) is 30.7 Å². The number of ether oxygens (including phenoxy) is 2. The number of aryl methyl sites for hydroxylation is 1. The van der Waals surface area contributed by atoms with Crippen molar-refractivity contribution in [1.29, 1.82) is 0 Å². The minimum absolute atomic E-state index is 0.0449. The third-order valence-corrected chi connectivity index (χ3v) is 11.9. The van der Waals surface area contributed by atoms with E-state index in [-0.39, 0.29) is 85.1 Å². The van der Waals surface area contributed by atoms with Gasteiger partial charge in [0, 0.05) is 50.5 Å². The number of anilines is 1. The molecule has 4 heterocycles. The van der Waals surface area contributed by atoms with Crippen LogP contribution in [0.25, 0.3) is 0 Å². The Kier molecular flexibility index (Phi) is 10.3. The fourth-order valence-corrected chi connectivity index (χ4v) is 8.52. The minimum atomic E-state index is -4.65. The maximum absolute atomic E-state index is 16.2. The van der Waals surface area contributed by atoms with Gasteiger partial charge in [-0.2, -0.15) is 13.2 Å². The highest BCUT2D eigenvalue weighted by Crippen LogP contribution is 2.52. The van der Waals surface area contributed by atoms with Crippen molar-refractivity contribution in [2.75, 3.05) is 31.5 Å². The normalized spacial score (nSPS) is 22.5. The topological polar surface area (TPSA) is 168 Å². The van der Waals surface area contributed by atoms with Crippen LogP contribution in [0.2, 0.25) is 0 Å². The van der Waals surface area contributed by atoms with Crippen LogP contribution in [0.4, 0.5) is 28.0 Å².